The first kappa shape index (κ1) is 18.9. The molecule has 140 valence electrons. The zero-order valence-electron chi connectivity index (χ0n) is 14.5. The molecule has 0 saturated carbocycles. The van der Waals surface area contributed by atoms with E-state index in [-0.39, 0.29) is 28.5 Å². The molecular formula is C17H20N2O5S2. The number of rotatable bonds is 7. The molecule has 0 aliphatic carbocycles. The lowest BCUT2D eigenvalue weighted by molar-refractivity contribution is 0.0993. The molecule has 2 heterocycles. The number of ether oxygens (including phenoxy) is 1. The van der Waals surface area contributed by atoms with Gasteiger partial charge in [-0.2, -0.15) is 0 Å². The summed E-state index contributed by atoms with van der Waals surface area (Å²) >= 11 is 1.20. The molecule has 7 nitrogen and oxygen atoms in total. The van der Waals surface area contributed by atoms with Crippen LogP contribution in [0, 0.1) is 5.92 Å². The van der Waals surface area contributed by atoms with Crippen LogP contribution in [-0.4, -0.2) is 48.3 Å². The number of benzene rings is 1. The summed E-state index contributed by atoms with van der Waals surface area (Å²) in [6, 6.07) is 6.92. The summed E-state index contributed by atoms with van der Waals surface area (Å²) < 4.78 is 33.7. The zero-order chi connectivity index (χ0) is 18.7. The van der Waals surface area contributed by atoms with Crippen LogP contribution in [0.2, 0.25) is 0 Å². The fraction of sp³-hybridized carbons (Fsp3) is 0.471. The zero-order valence-corrected chi connectivity index (χ0v) is 16.2. The summed E-state index contributed by atoms with van der Waals surface area (Å²) in [6.45, 7) is 1.78. The molecule has 0 bridgehead atoms. The largest absolute Gasteiger partial charge is 0.497 e. The Morgan fingerprint density at radius 3 is 2.69 bits per heavy atom. The van der Waals surface area contributed by atoms with E-state index in [0.717, 1.165) is 0 Å². The minimum Gasteiger partial charge on any atom is -0.497 e. The van der Waals surface area contributed by atoms with Crippen LogP contribution in [0.25, 0.3) is 0 Å². The highest BCUT2D eigenvalue weighted by molar-refractivity contribution is 8.00. The summed E-state index contributed by atoms with van der Waals surface area (Å²) in [5, 5.41) is 7.87. The molecule has 1 aromatic carbocycles. The van der Waals surface area contributed by atoms with E-state index in [9.17, 15) is 13.2 Å². The number of methoxy groups -OCH3 is 1. The van der Waals surface area contributed by atoms with Crippen molar-refractivity contribution in [3.05, 3.63) is 35.7 Å². The van der Waals surface area contributed by atoms with E-state index in [1.807, 2.05) is 0 Å². The van der Waals surface area contributed by atoms with Gasteiger partial charge < -0.3 is 9.15 Å². The molecule has 26 heavy (non-hydrogen) atoms. The van der Waals surface area contributed by atoms with Crippen LogP contribution in [0.3, 0.4) is 0 Å². The van der Waals surface area contributed by atoms with Gasteiger partial charge in [-0.05, 0) is 43.5 Å². The van der Waals surface area contributed by atoms with E-state index in [2.05, 4.69) is 10.2 Å². The van der Waals surface area contributed by atoms with Gasteiger partial charge in [-0.3, -0.25) is 4.79 Å². The second kappa shape index (κ2) is 7.79. The van der Waals surface area contributed by atoms with Gasteiger partial charge in [0, 0.05) is 12.0 Å². The predicted molar refractivity (Wildman–Crippen MR) is 97.4 cm³/mol. The normalized spacial score (nSPS) is 20.0. The number of hydrogen-bond donors (Lipinski definition) is 0. The Kier molecular flexibility index (Phi) is 5.67. The average Bonchev–Trinajstić information content (AvgIpc) is 3.20. The number of carbonyl (C=O) groups excluding carboxylic acids is 1. The third kappa shape index (κ3) is 4.64. The molecule has 1 aliphatic heterocycles. The molecule has 1 aromatic heterocycles. The van der Waals surface area contributed by atoms with Crippen LogP contribution in [0.15, 0.2) is 33.9 Å². The molecule has 0 unspecified atom stereocenters. The Balaban J connectivity index is 1.58. The standard InChI is InChI=1S/C17H20N2O5S2/c1-11(16(20)13-3-5-14(23-2)6-4-13)25-17-19-18-15(24-17)9-12-7-8-26(21,22)10-12/h3-6,11-12H,7-10H2,1-2H3/t11-,12-/m0/s1. The molecule has 9 heteroatoms. The lowest BCUT2D eigenvalue weighted by Gasteiger charge is -2.08. The van der Waals surface area contributed by atoms with Gasteiger partial charge in [0.05, 0.1) is 23.9 Å². The Morgan fingerprint density at radius 2 is 2.08 bits per heavy atom. The summed E-state index contributed by atoms with van der Waals surface area (Å²) in [4.78, 5) is 12.5. The van der Waals surface area contributed by atoms with Gasteiger partial charge in [0.2, 0.25) is 5.89 Å². The van der Waals surface area contributed by atoms with Crippen LogP contribution in [0.5, 0.6) is 5.75 Å². The van der Waals surface area contributed by atoms with Gasteiger partial charge in [-0.15, -0.1) is 10.2 Å². The third-order valence-electron chi connectivity index (χ3n) is 4.26. The number of nitrogens with zero attached hydrogens (tertiary/aromatic N) is 2. The van der Waals surface area contributed by atoms with Crippen molar-refractivity contribution in [1.29, 1.82) is 0 Å². The Morgan fingerprint density at radius 1 is 1.35 bits per heavy atom. The second-order valence-corrected chi connectivity index (χ2v) is 9.81. The molecule has 0 N–H and O–H groups in total. The van der Waals surface area contributed by atoms with Gasteiger partial charge >= 0.3 is 0 Å². The van der Waals surface area contributed by atoms with Crippen LogP contribution in [0.4, 0.5) is 0 Å². The van der Waals surface area contributed by atoms with Crippen LogP contribution < -0.4 is 4.74 Å². The number of ketones is 1. The highest BCUT2D eigenvalue weighted by Gasteiger charge is 2.29. The van der Waals surface area contributed by atoms with E-state index in [1.165, 1.54) is 11.8 Å². The first-order chi connectivity index (χ1) is 12.4. The molecule has 3 rings (SSSR count). The molecule has 1 fully saturated rings. The van der Waals surface area contributed by atoms with E-state index < -0.39 is 9.84 Å². The van der Waals surface area contributed by atoms with E-state index in [1.54, 1.807) is 38.3 Å². The average molecular weight is 396 g/mol. The molecule has 0 amide bonds. The minimum atomic E-state index is -2.92. The molecular weight excluding hydrogens is 376 g/mol. The van der Waals surface area contributed by atoms with Crippen molar-refractivity contribution in [2.45, 2.75) is 30.2 Å². The van der Waals surface area contributed by atoms with Crippen molar-refractivity contribution >= 4 is 27.4 Å². The fourth-order valence-corrected chi connectivity index (χ4v) is 5.48. The maximum atomic E-state index is 12.5. The molecule has 1 aliphatic rings. The quantitative estimate of drug-likeness (QED) is 0.520. The Hall–Kier alpha value is -1.87. The molecule has 0 radical (unpaired) electrons. The maximum Gasteiger partial charge on any atom is 0.277 e. The second-order valence-electron chi connectivity index (χ2n) is 6.29. The van der Waals surface area contributed by atoms with Gasteiger partial charge in [-0.25, -0.2) is 8.42 Å². The molecule has 0 spiro atoms. The number of hydrogen-bond acceptors (Lipinski definition) is 8. The number of Topliss-reactive ketones (excluding diaryl/α,β-unsaturated/α-hetero) is 1. The van der Waals surface area contributed by atoms with Crippen LogP contribution >= 0.6 is 11.8 Å². The van der Waals surface area contributed by atoms with Crippen LogP contribution in [-0.2, 0) is 16.3 Å². The lowest BCUT2D eigenvalue weighted by Crippen LogP contribution is -2.13. The smallest absolute Gasteiger partial charge is 0.277 e. The minimum absolute atomic E-state index is 0.0247. The Labute approximate surface area is 156 Å². The van der Waals surface area contributed by atoms with Gasteiger partial charge in [-0.1, -0.05) is 11.8 Å². The fourth-order valence-electron chi connectivity index (χ4n) is 2.84. The van der Waals surface area contributed by atoms with Crippen molar-refractivity contribution in [2.24, 2.45) is 5.92 Å². The van der Waals surface area contributed by atoms with Crippen LogP contribution in [0.1, 0.15) is 29.6 Å². The maximum absolute atomic E-state index is 12.5. The molecule has 2 atom stereocenters. The summed E-state index contributed by atoms with van der Waals surface area (Å²) in [6.07, 6.45) is 1.08. The van der Waals surface area contributed by atoms with E-state index >= 15 is 0 Å². The monoisotopic (exact) mass is 396 g/mol. The van der Waals surface area contributed by atoms with Gasteiger partial charge in [0.25, 0.3) is 5.22 Å². The van der Waals surface area contributed by atoms with Crippen molar-refractivity contribution in [3.63, 3.8) is 0 Å². The molecule has 1 saturated heterocycles. The number of sulfone groups is 1. The van der Waals surface area contributed by atoms with E-state index in [4.69, 9.17) is 9.15 Å². The van der Waals surface area contributed by atoms with Gasteiger partial charge in [0.15, 0.2) is 15.6 Å². The lowest BCUT2D eigenvalue weighted by atomic mass is 10.1. The summed E-state index contributed by atoms with van der Waals surface area (Å²) in [5.74, 6) is 1.48. The van der Waals surface area contributed by atoms with Gasteiger partial charge in [0.1, 0.15) is 5.75 Å². The van der Waals surface area contributed by atoms with Crippen molar-refractivity contribution < 1.29 is 22.4 Å². The van der Waals surface area contributed by atoms with E-state index in [0.29, 0.717) is 35.3 Å². The predicted octanol–water partition coefficient (Wildman–Crippen LogP) is 2.42. The van der Waals surface area contributed by atoms with Crippen molar-refractivity contribution in [2.75, 3.05) is 18.6 Å². The van der Waals surface area contributed by atoms with Crippen molar-refractivity contribution in [3.8, 4) is 5.75 Å². The first-order valence-corrected chi connectivity index (χ1v) is 10.9. The third-order valence-corrected chi connectivity index (χ3v) is 7.03. The highest BCUT2D eigenvalue weighted by atomic mass is 32.2. The first-order valence-electron chi connectivity index (χ1n) is 8.24. The van der Waals surface area contributed by atoms with Crippen molar-refractivity contribution in [1.82, 2.24) is 10.2 Å². The highest BCUT2D eigenvalue weighted by Crippen LogP contribution is 2.27. The molecule has 2 aromatic rings. The number of thioether (sulfide) groups is 1. The number of aromatic nitrogens is 2. The topological polar surface area (TPSA) is 99.4 Å². The Bertz CT molecular complexity index is 877. The summed E-state index contributed by atoms with van der Waals surface area (Å²) in [7, 11) is -1.35. The number of carbonyl (C=O) groups is 1. The SMILES string of the molecule is COc1ccc(C(=O)[C@H](C)Sc2nnc(C[C@@H]3CCS(=O)(=O)C3)o2)cc1. The summed E-state index contributed by atoms with van der Waals surface area (Å²) in [5.41, 5.74) is 0.585.